The van der Waals surface area contributed by atoms with E-state index in [1.165, 1.54) is 11.1 Å². The molecule has 0 aromatic carbocycles. The second-order valence-corrected chi connectivity index (χ2v) is 4.94. The van der Waals surface area contributed by atoms with E-state index >= 15 is 0 Å². The summed E-state index contributed by atoms with van der Waals surface area (Å²) in [7, 11) is 0. The molecule has 0 bridgehead atoms. The van der Waals surface area contributed by atoms with Crippen LogP contribution in [0.25, 0.3) is 0 Å². The minimum atomic E-state index is 0.555. The van der Waals surface area contributed by atoms with Crippen molar-refractivity contribution in [2.24, 2.45) is 5.92 Å². The lowest BCUT2D eigenvalue weighted by Crippen LogP contribution is -2.34. The number of hydrogen-bond acceptors (Lipinski definition) is 3. The summed E-state index contributed by atoms with van der Waals surface area (Å²) in [6, 6.07) is 2.59. The minimum absolute atomic E-state index is 0.555. The number of nitrogens with one attached hydrogen (secondary N) is 1. The highest BCUT2D eigenvalue weighted by atomic mass is 14.9. The highest BCUT2D eigenvalue weighted by Gasteiger charge is 2.13. The van der Waals surface area contributed by atoms with Gasteiger partial charge >= 0.3 is 0 Å². The van der Waals surface area contributed by atoms with Gasteiger partial charge in [0, 0.05) is 12.2 Å². The molecule has 1 aromatic heterocycles. The Bertz CT molecular complexity index is 327. The first kappa shape index (κ1) is 14.0. The molecule has 1 rings (SSSR count). The molecule has 1 atom stereocenters. The molecule has 0 fully saturated rings. The van der Waals surface area contributed by atoms with Gasteiger partial charge in [-0.2, -0.15) is 0 Å². The van der Waals surface area contributed by atoms with Gasteiger partial charge in [0.1, 0.15) is 5.82 Å². The van der Waals surface area contributed by atoms with Crippen LogP contribution in [0.4, 0.5) is 5.82 Å². The van der Waals surface area contributed by atoms with E-state index in [9.17, 15) is 0 Å². The summed E-state index contributed by atoms with van der Waals surface area (Å²) in [5.41, 5.74) is 8.38. The number of aromatic nitrogens is 1. The van der Waals surface area contributed by atoms with Crippen molar-refractivity contribution in [1.29, 1.82) is 0 Å². The first-order valence-corrected chi connectivity index (χ1v) is 6.49. The molecule has 17 heavy (non-hydrogen) atoms. The Morgan fingerprint density at radius 1 is 1.41 bits per heavy atom. The smallest absolute Gasteiger partial charge is 0.126 e. The van der Waals surface area contributed by atoms with Crippen LogP contribution in [0, 0.1) is 12.8 Å². The summed E-state index contributed by atoms with van der Waals surface area (Å²) in [5, 5.41) is 3.53. The zero-order valence-corrected chi connectivity index (χ0v) is 11.5. The summed E-state index contributed by atoms with van der Waals surface area (Å²) in [6.07, 6.45) is 3.89. The largest absolute Gasteiger partial charge is 0.383 e. The van der Waals surface area contributed by atoms with Crippen molar-refractivity contribution in [2.75, 3.05) is 12.3 Å². The highest BCUT2D eigenvalue weighted by molar-refractivity contribution is 5.43. The molecule has 3 heteroatoms. The number of rotatable bonds is 6. The Labute approximate surface area is 105 Å². The molecule has 0 amide bonds. The average Bonchev–Trinajstić information content (AvgIpc) is 2.26. The van der Waals surface area contributed by atoms with Crippen molar-refractivity contribution in [2.45, 2.75) is 46.6 Å². The van der Waals surface area contributed by atoms with Gasteiger partial charge in [-0.25, -0.2) is 4.98 Å². The van der Waals surface area contributed by atoms with Gasteiger partial charge in [0.25, 0.3) is 0 Å². The predicted molar refractivity (Wildman–Crippen MR) is 74.0 cm³/mol. The Morgan fingerprint density at radius 3 is 2.65 bits per heavy atom. The third-order valence-corrected chi connectivity index (χ3v) is 3.30. The molecular weight excluding hydrogens is 210 g/mol. The van der Waals surface area contributed by atoms with Crippen molar-refractivity contribution in [1.82, 2.24) is 10.3 Å². The molecular formula is C14H25N3. The maximum atomic E-state index is 5.93. The number of hydrogen-bond donors (Lipinski definition) is 2. The van der Waals surface area contributed by atoms with E-state index in [0.717, 1.165) is 19.4 Å². The van der Waals surface area contributed by atoms with Gasteiger partial charge in [-0.1, -0.05) is 20.8 Å². The highest BCUT2D eigenvalue weighted by Crippen LogP contribution is 2.18. The summed E-state index contributed by atoms with van der Waals surface area (Å²) in [6.45, 7) is 9.79. The molecule has 1 unspecified atom stereocenters. The second-order valence-electron chi connectivity index (χ2n) is 4.94. The molecule has 0 aliphatic rings. The SMILES string of the molecule is CCNC(CCc1c(C)ccnc1N)C(C)C. The van der Waals surface area contributed by atoms with Gasteiger partial charge in [-0.3, -0.25) is 0 Å². The third-order valence-electron chi connectivity index (χ3n) is 3.30. The summed E-state index contributed by atoms with van der Waals surface area (Å²) in [4.78, 5) is 4.17. The first-order valence-electron chi connectivity index (χ1n) is 6.49. The zero-order chi connectivity index (χ0) is 12.8. The van der Waals surface area contributed by atoms with Crippen LogP contribution in [0.5, 0.6) is 0 Å². The standard InChI is InChI=1S/C14H25N3/c1-5-16-13(10(2)3)7-6-12-11(4)8-9-17-14(12)15/h8-10,13,16H,5-7H2,1-4H3,(H2,15,17). The fourth-order valence-corrected chi connectivity index (χ4v) is 2.17. The van der Waals surface area contributed by atoms with E-state index in [1.807, 2.05) is 6.07 Å². The predicted octanol–water partition coefficient (Wildman–Crippen LogP) is 2.54. The number of anilines is 1. The molecule has 0 saturated heterocycles. The summed E-state index contributed by atoms with van der Waals surface area (Å²) in [5.74, 6) is 1.33. The molecule has 0 aliphatic carbocycles. The van der Waals surface area contributed by atoms with Crippen molar-refractivity contribution in [3.05, 3.63) is 23.4 Å². The average molecular weight is 235 g/mol. The van der Waals surface area contributed by atoms with Crippen molar-refractivity contribution >= 4 is 5.82 Å². The number of pyridine rings is 1. The fourth-order valence-electron chi connectivity index (χ4n) is 2.17. The van der Waals surface area contributed by atoms with Gasteiger partial charge in [-0.15, -0.1) is 0 Å². The molecule has 3 nitrogen and oxygen atoms in total. The Hall–Kier alpha value is -1.09. The van der Waals surface area contributed by atoms with Gasteiger partial charge in [0.2, 0.25) is 0 Å². The first-order chi connectivity index (χ1) is 8.06. The van der Waals surface area contributed by atoms with Gasteiger partial charge in [-0.05, 0) is 49.4 Å². The van der Waals surface area contributed by atoms with Crippen LogP contribution in [0.15, 0.2) is 12.3 Å². The van der Waals surface area contributed by atoms with E-state index in [2.05, 4.69) is 38.0 Å². The van der Waals surface area contributed by atoms with Gasteiger partial charge < -0.3 is 11.1 Å². The van der Waals surface area contributed by atoms with E-state index in [1.54, 1.807) is 6.20 Å². The molecule has 0 radical (unpaired) electrons. The van der Waals surface area contributed by atoms with Crippen LogP contribution in [0.2, 0.25) is 0 Å². The fraction of sp³-hybridized carbons (Fsp3) is 0.643. The van der Waals surface area contributed by atoms with E-state index in [-0.39, 0.29) is 0 Å². The molecule has 96 valence electrons. The van der Waals surface area contributed by atoms with Crippen molar-refractivity contribution in [3.8, 4) is 0 Å². The zero-order valence-electron chi connectivity index (χ0n) is 11.5. The lowest BCUT2D eigenvalue weighted by atomic mass is 9.95. The normalized spacial score (nSPS) is 13.0. The Morgan fingerprint density at radius 2 is 2.12 bits per heavy atom. The van der Waals surface area contributed by atoms with Gasteiger partial charge in [0.15, 0.2) is 0 Å². The summed E-state index contributed by atoms with van der Waals surface area (Å²) >= 11 is 0. The third kappa shape index (κ3) is 4.00. The number of nitrogen functional groups attached to an aromatic ring is 1. The number of aryl methyl sites for hydroxylation is 1. The van der Waals surface area contributed by atoms with Crippen LogP contribution < -0.4 is 11.1 Å². The monoisotopic (exact) mass is 235 g/mol. The quantitative estimate of drug-likeness (QED) is 0.796. The number of nitrogens with two attached hydrogens (primary N) is 1. The van der Waals surface area contributed by atoms with Crippen LogP contribution in [-0.2, 0) is 6.42 Å². The second kappa shape index (κ2) is 6.60. The van der Waals surface area contributed by atoms with E-state index < -0.39 is 0 Å². The maximum Gasteiger partial charge on any atom is 0.126 e. The van der Waals surface area contributed by atoms with E-state index in [0.29, 0.717) is 17.8 Å². The van der Waals surface area contributed by atoms with Crippen LogP contribution in [-0.4, -0.2) is 17.6 Å². The maximum absolute atomic E-state index is 5.93. The van der Waals surface area contributed by atoms with Crippen molar-refractivity contribution in [3.63, 3.8) is 0 Å². The molecule has 1 aromatic rings. The minimum Gasteiger partial charge on any atom is -0.383 e. The van der Waals surface area contributed by atoms with Crippen molar-refractivity contribution < 1.29 is 0 Å². The topological polar surface area (TPSA) is 50.9 Å². The summed E-state index contributed by atoms with van der Waals surface area (Å²) < 4.78 is 0. The molecule has 1 heterocycles. The Balaban J connectivity index is 2.65. The molecule has 0 aliphatic heterocycles. The van der Waals surface area contributed by atoms with Crippen LogP contribution in [0.1, 0.15) is 38.3 Å². The molecule has 3 N–H and O–H groups in total. The number of nitrogens with zero attached hydrogens (tertiary/aromatic N) is 1. The van der Waals surface area contributed by atoms with Gasteiger partial charge in [0.05, 0.1) is 0 Å². The van der Waals surface area contributed by atoms with Crippen LogP contribution >= 0.6 is 0 Å². The molecule has 0 spiro atoms. The Kier molecular flexibility index (Phi) is 5.42. The molecule has 0 saturated carbocycles. The lowest BCUT2D eigenvalue weighted by Gasteiger charge is -2.22. The van der Waals surface area contributed by atoms with E-state index in [4.69, 9.17) is 5.73 Å². The van der Waals surface area contributed by atoms with Crippen LogP contribution in [0.3, 0.4) is 0 Å². The lowest BCUT2D eigenvalue weighted by molar-refractivity contribution is 0.385.